The quantitative estimate of drug-likeness (QED) is 0.351. The van der Waals surface area contributed by atoms with Crippen molar-refractivity contribution in [2.75, 3.05) is 6.61 Å². The summed E-state index contributed by atoms with van der Waals surface area (Å²) >= 11 is 3.11. The second-order valence-corrected chi connectivity index (χ2v) is 8.39. The van der Waals surface area contributed by atoms with Gasteiger partial charge in [0.1, 0.15) is 5.82 Å². The van der Waals surface area contributed by atoms with Crippen molar-refractivity contribution in [2.45, 2.75) is 18.4 Å². The van der Waals surface area contributed by atoms with Gasteiger partial charge in [0, 0.05) is 22.1 Å². The Bertz CT molecular complexity index is 1080. The van der Waals surface area contributed by atoms with Crippen LogP contribution < -0.4 is 4.72 Å². The summed E-state index contributed by atoms with van der Waals surface area (Å²) in [5.41, 5.74) is -0.238. The molecule has 0 aliphatic heterocycles. The first-order chi connectivity index (χ1) is 13.7. The Kier molecular flexibility index (Phi) is 7.61. The maximum atomic E-state index is 13.9. The molecule has 2 aromatic rings. The van der Waals surface area contributed by atoms with Gasteiger partial charge < -0.3 is 4.74 Å². The van der Waals surface area contributed by atoms with Gasteiger partial charge >= 0.3 is 5.97 Å². The van der Waals surface area contributed by atoms with E-state index in [0.717, 1.165) is 6.07 Å². The van der Waals surface area contributed by atoms with Crippen LogP contribution in [0, 0.1) is 23.1 Å². The smallest absolute Gasteiger partial charge is 0.331 e. The third-order valence-electron chi connectivity index (χ3n) is 3.82. The van der Waals surface area contributed by atoms with Crippen LogP contribution in [0.25, 0.3) is 0 Å². The first kappa shape index (κ1) is 22.7. The number of hydrogen-bond donors (Lipinski definition) is 1. The molecule has 1 N–H and O–H groups in total. The molecule has 7 nitrogen and oxygen atoms in total. The number of carbonyl (C=O) groups excluding carboxylic acids is 2. The number of carbonyl (C=O) groups is 2. The van der Waals surface area contributed by atoms with Gasteiger partial charge in [-0.3, -0.25) is 9.59 Å². The predicted molar refractivity (Wildman–Crippen MR) is 105 cm³/mol. The van der Waals surface area contributed by atoms with Gasteiger partial charge in [0.15, 0.2) is 5.78 Å². The van der Waals surface area contributed by atoms with E-state index in [-0.39, 0.29) is 24.3 Å². The molecule has 152 valence electrons. The Labute approximate surface area is 175 Å². The number of nitrogens with zero attached hydrogens (tertiary/aromatic N) is 1. The van der Waals surface area contributed by atoms with Gasteiger partial charge in [0.05, 0.1) is 17.6 Å². The van der Waals surface area contributed by atoms with Crippen LogP contribution in [0.4, 0.5) is 4.39 Å². The van der Waals surface area contributed by atoms with Crippen molar-refractivity contribution in [3.63, 3.8) is 0 Å². The van der Waals surface area contributed by atoms with Crippen LogP contribution in [0.2, 0.25) is 0 Å². The molecule has 0 saturated carbocycles. The molecule has 1 unspecified atom stereocenters. The molecule has 0 aromatic heterocycles. The highest BCUT2D eigenvalue weighted by atomic mass is 79.9. The number of benzene rings is 2. The molecule has 0 bridgehead atoms. The van der Waals surface area contributed by atoms with Gasteiger partial charge in [-0.25, -0.2) is 17.5 Å². The van der Waals surface area contributed by atoms with Crippen molar-refractivity contribution in [3.8, 4) is 6.07 Å². The average molecular weight is 483 g/mol. The van der Waals surface area contributed by atoms with E-state index in [1.165, 1.54) is 37.3 Å². The Morgan fingerprint density at radius 3 is 2.59 bits per heavy atom. The molecule has 0 saturated heterocycles. The van der Waals surface area contributed by atoms with Gasteiger partial charge in [0.2, 0.25) is 15.9 Å². The van der Waals surface area contributed by atoms with Crippen LogP contribution in [-0.2, 0) is 26.1 Å². The lowest BCUT2D eigenvalue weighted by atomic mass is 9.99. The van der Waals surface area contributed by atoms with E-state index >= 15 is 0 Å². The van der Waals surface area contributed by atoms with Crippen LogP contribution in [0.15, 0.2) is 51.8 Å². The lowest BCUT2D eigenvalue weighted by molar-refractivity contribution is -0.144. The van der Waals surface area contributed by atoms with Crippen molar-refractivity contribution in [1.29, 1.82) is 5.26 Å². The summed E-state index contributed by atoms with van der Waals surface area (Å²) in [6.07, 6.45) is 0. The summed E-state index contributed by atoms with van der Waals surface area (Å²) in [5.74, 6) is -4.47. The third kappa shape index (κ3) is 5.47. The first-order valence-electron chi connectivity index (χ1n) is 8.34. The SMILES string of the molecule is CCOC(=O)C(C#N)C(=O)c1ccccc1S(=O)(=O)NCc1ccc(Br)cc1F. The lowest BCUT2D eigenvalue weighted by Crippen LogP contribution is -2.29. The predicted octanol–water partition coefficient (Wildman–Crippen LogP) is 2.95. The fourth-order valence-corrected chi connectivity index (χ4v) is 3.97. The highest BCUT2D eigenvalue weighted by molar-refractivity contribution is 9.10. The van der Waals surface area contributed by atoms with Crippen molar-refractivity contribution in [3.05, 3.63) is 63.9 Å². The minimum atomic E-state index is -4.25. The van der Waals surface area contributed by atoms with Crippen LogP contribution in [0.3, 0.4) is 0 Å². The zero-order valence-electron chi connectivity index (χ0n) is 15.2. The number of rotatable bonds is 8. The minimum absolute atomic E-state index is 0.0372. The van der Waals surface area contributed by atoms with E-state index < -0.39 is 38.4 Å². The van der Waals surface area contributed by atoms with E-state index in [0.29, 0.717) is 4.47 Å². The summed E-state index contributed by atoms with van der Waals surface area (Å²) in [5, 5.41) is 9.17. The zero-order chi connectivity index (χ0) is 21.6. The highest BCUT2D eigenvalue weighted by Gasteiger charge is 2.32. The topological polar surface area (TPSA) is 113 Å². The molecule has 0 aliphatic carbocycles. The van der Waals surface area contributed by atoms with Crippen LogP contribution in [0.5, 0.6) is 0 Å². The molecule has 0 spiro atoms. The van der Waals surface area contributed by atoms with E-state index in [2.05, 4.69) is 20.7 Å². The second-order valence-electron chi connectivity index (χ2n) is 5.73. The molecule has 0 fully saturated rings. The number of esters is 1. The van der Waals surface area contributed by atoms with Crippen molar-refractivity contribution < 1.29 is 27.1 Å². The fraction of sp³-hybridized carbons (Fsp3) is 0.211. The number of nitriles is 1. The maximum Gasteiger partial charge on any atom is 0.331 e. The number of ether oxygens (including phenoxy) is 1. The lowest BCUT2D eigenvalue weighted by Gasteiger charge is -2.13. The molecule has 10 heteroatoms. The van der Waals surface area contributed by atoms with E-state index in [1.807, 2.05) is 0 Å². The molecular formula is C19H16BrFN2O5S. The molecular weight excluding hydrogens is 467 g/mol. The minimum Gasteiger partial charge on any atom is -0.465 e. The van der Waals surface area contributed by atoms with Gasteiger partial charge in [-0.2, -0.15) is 5.26 Å². The van der Waals surface area contributed by atoms with Crippen molar-refractivity contribution in [2.24, 2.45) is 5.92 Å². The highest BCUT2D eigenvalue weighted by Crippen LogP contribution is 2.21. The molecule has 0 heterocycles. The monoisotopic (exact) mass is 482 g/mol. The molecule has 2 rings (SSSR count). The van der Waals surface area contributed by atoms with Gasteiger partial charge in [-0.15, -0.1) is 0 Å². The number of ketones is 1. The van der Waals surface area contributed by atoms with Gasteiger partial charge in [-0.05, 0) is 31.2 Å². The molecule has 0 amide bonds. The average Bonchev–Trinajstić information content (AvgIpc) is 2.68. The Morgan fingerprint density at radius 2 is 1.97 bits per heavy atom. The molecule has 29 heavy (non-hydrogen) atoms. The molecule has 0 radical (unpaired) electrons. The third-order valence-corrected chi connectivity index (χ3v) is 5.78. The molecule has 2 aromatic carbocycles. The standard InChI is InChI=1S/C19H16BrFN2O5S/c1-2-28-19(25)15(10-22)18(24)14-5-3-4-6-17(14)29(26,27)23-11-12-7-8-13(20)9-16(12)21/h3-9,15,23H,2,11H2,1H3. The Morgan fingerprint density at radius 1 is 1.28 bits per heavy atom. The summed E-state index contributed by atoms with van der Waals surface area (Å²) in [4.78, 5) is 24.1. The summed E-state index contributed by atoms with van der Waals surface area (Å²) in [6.45, 7) is 1.12. The van der Waals surface area contributed by atoms with Crippen molar-refractivity contribution >= 4 is 37.7 Å². The summed E-state index contributed by atoms with van der Waals surface area (Å²) < 4.78 is 46.8. The number of halogens is 2. The van der Waals surface area contributed by atoms with Crippen LogP contribution in [-0.4, -0.2) is 26.8 Å². The van der Waals surface area contributed by atoms with Crippen LogP contribution in [0.1, 0.15) is 22.8 Å². The summed E-state index contributed by atoms with van der Waals surface area (Å²) in [6, 6.07) is 10.8. The van der Waals surface area contributed by atoms with Gasteiger partial charge in [0.25, 0.3) is 0 Å². The van der Waals surface area contributed by atoms with Gasteiger partial charge in [-0.1, -0.05) is 34.1 Å². The van der Waals surface area contributed by atoms with E-state index in [1.54, 1.807) is 12.1 Å². The Hall–Kier alpha value is -2.61. The number of nitrogens with one attached hydrogen (secondary N) is 1. The molecule has 0 aliphatic rings. The number of sulfonamides is 1. The van der Waals surface area contributed by atoms with E-state index in [9.17, 15) is 27.7 Å². The maximum absolute atomic E-state index is 13.9. The second kappa shape index (κ2) is 9.73. The normalized spacial score (nSPS) is 12.1. The largest absolute Gasteiger partial charge is 0.465 e. The van der Waals surface area contributed by atoms with Crippen LogP contribution >= 0.6 is 15.9 Å². The van der Waals surface area contributed by atoms with Crippen molar-refractivity contribution in [1.82, 2.24) is 4.72 Å². The number of hydrogen-bond acceptors (Lipinski definition) is 6. The Balaban J connectivity index is 2.33. The fourth-order valence-electron chi connectivity index (χ4n) is 2.42. The first-order valence-corrected chi connectivity index (χ1v) is 10.6. The summed E-state index contributed by atoms with van der Waals surface area (Å²) in [7, 11) is -4.25. The van der Waals surface area contributed by atoms with E-state index in [4.69, 9.17) is 4.74 Å². The zero-order valence-corrected chi connectivity index (χ0v) is 17.6. The number of Topliss-reactive ketones (excluding diaryl/α,β-unsaturated/α-hetero) is 1. The molecule has 1 atom stereocenters.